The van der Waals surface area contributed by atoms with Crippen molar-refractivity contribution in [3.05, 3.63) is 59.7 Å². The third kappa shape index (κ3) is 19.5. The maximum absolute atomic E-state index is 11.9. The number of amides is 6. The lowest BCUT2D eigenvalue weighted by molar-refractivity contribution is -0.119. The minimum atomic E-state index is -1.00. The fourth-order valence-corrected chi connectivity index (χ4v) is 3.30. The van der Waals surface area contributed by atoms with Crippen molar-refractivity contribution in [3.8, 4) is 0 Å². The van der Waals surface area contributed by atoms with Crippen molar-refractivity contribution >= 4 is 35.3 Å². The van der Waals surface area contributed by atoms with E-state index in [1.807, 2.05) is 6.92 Å². The van der Waals surface area contributed by atoms with Gasteiger partial charge in [-0.05, 0) is 61.1 Å². The molecule has 0 spiro atoms. The summed E-state index contributed by atoms with van der Waals surface area (Å²) in [6.07, 6.45) is 2.38. The van der Waals surface area contributed by atoms with Gasteiger partial charge < -0.3 is 48.7 Å². The molecule has 242 valence electrons. The maximum atomic E-state index is 11.9. The SMILES string of the molecule is C.C[C@@H](CCCNC(N)=O)C(=O)Nc1ccc(CO)cc1.NC(=O)NCCC[C@H](N)C(=O)Nc1ccc(CO)cc1.[2H]CF. The van der Waals surface area contributed by atoms with Crippen LogP contribution in [-0.4, -0.2) is 60.4 Å². The summed E-state index contributed by atoms with van der Waals surface area (Å²) in [5.41, 5.74) is 18.5. The van der Waals surface area contributed by atoms with E-state index in [1.54, 1.807) is 48.5 Å². The second-order valence-corrected chi connectivity index (χ2v) is 9.06. The van der Waals surface area contributed by atoms with Crippen molar-refractivity contribution in [1.82, 2.24) is 10.6 Å². The number of hydrogen-bond acceptors (Lipinski definition) is 7. The van der Waals surface area contributed by atoms with E-state index in [9.17, 15) is 23.6 Å². The number of aliphatic hydroxyl groups excluding tert-OH is 2. The predicted molar refractivity (Wildman–Crippen MR) is 167 cm³/mol. The van der Waals surface area contributed by atoms with Gasteiger partial charge >= 0.3 is 12.1 Å². The molecule has 0 unspecified atom stereocenters. The molecular formula is C29H48FN7O6. The predicted octanol–water partition coefficient (Wildman–Crippen LogP) is 2.32. The fourth-order valence-electron chi connectivity index (χ4n) is 3.30. The minimum Gasteiger partial charge on any atom is -0.392 e. The number of nitrogens with two attached hydrogens (primary N) is 3. The van der Waals surface area contributed by atoms with Crippen LogP contribution in [0.3, 0.4) is 0 Å². The lowest BCUT2D eigenvalue weighted by atomic mass is 10.0. The van der Waals surface area contributed by atoms with Gasteiger partial charge in [0.25, 0.3) is 0 Å². The summed E-state index contributed by atoms with van der Waals surface area (Å²) < 4.78 is 15.5. The first-order valence-corrected chi connectivity index (χ1v) is 13.2. The summed E-state index contributed by atoms with van der Waals surface area (Å²) in [5, 5.41) is 28.3. The van der Waals surface area contributed by atoms with Crippen LogP contribution in [0.1, 0.15) is 52.5 Å². The van der Waals surface area contributed by atoms with Crippen LogP contribution in [0.5, 0.6) is 0 Å². The molecule has 0 radical (unpaired) electrons. The number of anilines is 2. The smallest absolute Gasteiger partial charge is 0.312 e. The molecule has 2 aromatic carbocycles. The van der Waals surface area contributed by atoms with Crippen LogP contribution in [0, 0.1) is 5.92 Å². The Kier molecular flexibility index (Phi) is 21.9. The van der Waals surface area contributed by atoms with E-state index >= 15 is 0 Å². The summed E-state index contributed by atoms with van der Waals surface area (Å²) in [6.45, 7) is 2.64. The number of aliphatic hydroxyl groups is 2. The van der Waals surface area contributed by atoms with Crippen LogP contribution in [-0.2, 0) is 22.8 Å². The number of alkyl halides is 1. The van der Waals surface area contributed by atoms with Gasteiger partial charge in [0.15, 0.2) is 0 Å². The van der Waals surface area contributed by atoms with Gasteiger partial charge in [0, 0.05) is 30.4 Å². The molecule has 0 heterocycles. The number of hydrogen-bond donors (Lipinski definition) is 9. The Bertz CT molecular complexity index is 1010. The quantitative estimate of drug-likeness (QED) is 0.145. The summed E-state index contributed by atoms with van der Waals surface area (Å²) in [4.78, 5) is 44.7. The van der Waals surface area contributed by atoms with Gasteiger partial charge in [0.05, 0.1) is 27.8 Å². The van der Waals surface area contributed by atoms with Crippen molar-refractivity contribution in [1.29, 1.82) is 0 Å². The van der Waals surface area contributed by atoms with Gasteiger partial charge in [0.1, 0.15) is 0 Å². The van der Waals surface area contributed by atoms with Crippen LogP contribution in [0.2, 0.25) is 0 Å². The van der Waals surface area contributed by atoms with Crippen LogP contribution in [0.15, 0.2) is 48.5 Å². The number of benzene rings is 2. The number of primary amides is 2. The first-order chi connectivity index (χ1) is 20.5. The topological polar surface area (TPSA) is 235 Å². The highest BCUT2D eigenvalue weighted by molar-refractivity contribution is 5.94. The molecule has 13 nitrogen and oxygen atoms in total. The van der Waals surface area contributed by atoms with Crippen molar-refractivity contribution in [2.45, 2.75) is 59.3 Å². The molecule has 0 saturated carbocycles. The van der Waals surface area contributed by atoms with Gasteiger partial charge in [-0.25, -0.2) is 9.59 Å². The van der Waals surface area contributed by atoms with Crippen LogP contribution in [0.4, 0.5) is 25.4 Å². The molecule has 43 heavy (non-hydrogen) atoms. The molecule has 0 fully saturated rings. The Balaban J connectivity index is 0. The number of carbonyl (C=O) groups is 4. The monoisotopic (exact) mass is 610 g/mol. The van der Waals surface area contributed by atoms with Crippen LogP contribution < -0.4 is 38.5 Å². The maximum Gasteiger partial charge on any atom is 0.312 e. The Hall–Kier alpha value is -4.27. The molecule has 12 N–H and O–H groups in total. The standard InChI is InChI=1S/C14H21N3O3.C13H20N4O3.CH3F.CH4/c1-10(3-2-8-16-14(15)20)13(19)17-12-6-4-11(9-18)5-7-12;14-11(2-1-7-16-13(15)20)12(19)17-10-5-3-9(8-18)4-6-10;1-2;/h4-7,10,18H,2-3,8-9H2,1H3,(H,17,19)(H3,15,16,20);3-6,11,18H,1-2,7-8,14H2,(H,17,19)(H3,15,16,20);1H3;1H4/t10-;11-;;/m00../s1/i;;1D;. The minimum absolute atomic E-state index is 0. The van der Waals surface area contributed by atoms with Gasteiger partial charge in [-0.1, -0.05) is 38.6 Å². The normalized spacial score (nSPS) is 11.3. The first kappa shape index (κ1) is 38.7. The van der Waals surface area contributed by atoms with Gasteiger partial charge in [0.2, 0.25) is 11.8 Å². The molecule has 0 aliphatic rings. The van der Waals surface area contributed by atoms with E-state index in [-0.39, 0.29) is 38.4 Å². The molecule has 0 aliphatic heterocycles. The largest absolute Gasteiger partial charge is 0.392 e. The van der Waals surface area contributed by atoms with Crippen molar-refractivity contribution < 1.29 is 35.2 Å². The molecule has 0 bridgehead atoms. The van der Waals surface area contributed by atoms with E-state index in [0.29, 0.717) is 50.1 Å². The summed E-state index contributed by atoms with van der Waals surface area (Å²) >= 11 is 0. The lowest BCUT2D eigenvalue weighted by Crippen LogP contribution is -2.37. The third-order valence-corrected chi connectivity index (χ3v) is 5.70. The number of halogens is 1. The molecule has 2 aromatic rings. The lowest BCUT2D eigenvalue weighted by Gasteiger charge is -2.12. The summed E-state index contributed by atoms with van der Waals surface area (Å²) in [5.74, 6) is -0.510. The molecule has 2 rings (SSSR count). The van der Waals surface area contributed by atoms with E-state index < -0.39 is 25.3 Å². The zero-order chi connectivity index (χ0) is 32.6. The first-order valence-electron chi connectivity index (χ1n) is 13.9. The summed E-state index contributed by atoms with van der Waals surface area (Å²) in [6, 6.07) is 12.1. The van der Waals surface area contributed by atoms with E-state index in [4.69, 9.17) is 28.8 Å². The van der Waals surface area contributed by atoms with Crippen molar-refractivity contribution in [2.24, 2.45) is 23.1 Å². The zero-order valence-corrected chi connectivity index (χ0v) is 23.8. The molecule has 14 heteroatoms. The highest BCUT2D eigenvalue weighted by Gasteiger charge is 2.14. The van der Waals surface area contributed by atoms with Crippen molar-refractivity contribution in [3.63, 3.8) is 0 Å². The van der Waals surface area contributed by atoms with Crippen LogP contribution in [0.25, 0.3) is 0 Å². The average molecular weight is 611 g/mol. The molecule has 6 amide bonds. The number of carbonyl (C=O) groups excluding carboxylic acids is 4. The van der Waals surface area contributed by atoms with E-state index in [2.05, 4.69) is 21.3 Å². The fraction of sp³-hybridized carbons (Fsp3) is 0.448. The van der Waals surface area contributed by atoms with E-state index in [0.717, 1.165) is 11.1 Å². The van der Waals surface area contributed by atoms with Gasteiger partial charge in [-0.15, -0.1) is 0 Å². The van der Waals surface area contributed by atoms with E-state index in [1.165, 1.54) is 0 Å². The summed E-state index contributed by atoms with van der Waals surface area (Å²) in [7, 11) is -1.00. The molecular weight excluding hydrogens is 561 g/mol. The average Bonchev–Trinajstić information content (AvgIpc) is 2.98. The van der Waals surface area contributed by atoms with Crippen LogP contribution >= 0.6 is 0 Å². The molecule has 0 aromatic heterocycles. The molecule has 2 atom stereocenters. The van der Waals surface area contributed by atoms with Gasteiger partial charge in [-0.3, -0.25) is 14.0 Å². The number of nitrogens with one attached hydrogen (secondary N) is 4. The number of rotatable bonds is 14. The third-order valence-electron chi connectivity index (χ3n) is 5.70. The number of urea groups is 2. The Morgan fingerprint density at radius 1 is 0.791 bits per heavy atom. The zero-order valence-electron chi connectivity index (χ0n) is 24.8. The Morgan fingerprint density at radius 2 is 1.16 bits per heavy atom. The molecule has 0 aliphatic carbocycles. The Labute approximate surface area is 254 Å². The highest BCUT2D eigenvalue weighted by atomic mass is 19.1. The highest BCUT2D eigenvalue weighted by Crippen LogP contribution is 2.13. The second kappa shape index (κ2) is 24.3. The van der Waals surface area contributed by atoms with Gasteiger partial charge in [-0.2, -0.15) is 0 Å². The Morgan fingerprint density at radius 3 is 1.53 bits per heavy atom. The molecule has 0 saturated heterocycles. The second-order valence-electron chi connectivity index (χ2n) is 9.06. The van der Waals surface area contributed by atoms with Crippen molar-refractivity contribution in [2.75, 3.05) is 30.9 Å².